The Morgan fingerprint density at radius 3 is 2.22 bits per heavy atom. The zero-order chi connectivity index (χ0) is 7.44. The molecule has 1 amide bonds. The molecule has 0 radical (unpaired) electrons. The third kappa shape index (κ3) is 4.19. The van der Waals surface area contributed by atoms with Crippen molar-refractivity contribution in [2.75, 3.05) is 0 Å². The van der Waals surface area contributed by atoms with Crippen LogP contribution in [0.3, 0.4) is 0 Å². The highest BCUT2D eigenvalue weighted by Crippen LogP contribution is 2.04. The van der Waals surface area contributed by atoms with Crippen LogP contribution < -0.4 is 5.73 Å². The molecule has 0 aromatic carbocycles. The summed E-state index contributed by atoms with van der Waals surface area (Å²) in [6, 6.07) is 0. The van der Waals surface area contributed by atoms with Gasteiger partial charge in [0, 0.05) is 6.42 Å². The number of amides is 1. The van der Waals surface area contributed by atoms with Crippen molar-refractivity contribution in [3.8, 4) is 0 Å². The Morgan fingerprint density at radius 2 is 2.11 bits per heavy atom. The standard InChI is InChI=1S/C4H6INO3/c5-2(4(8)9)1-3(6)7/h2H,1H2,(H2,6,7)(H,8,9). The second-order valence-corrected chi connectivity index (χ2v) is 2.98. The molecular weight excluding hydrogens is 237 g/mol. The first kappa shape index (κ1) is 8.67. The Hall–Kier alpha value is -0.330. The molecule has 0 aromatic rings. The van der Waals surface area contributed by atoms with E-state index in [2.05, 4.69) is 0 Å². The average molecular weight is 243 g/mol. The number of carbonyl (C=O) groups is 2. The molecule has 0 saturated carbocycles. The number of halogens is 1. The lowest BCUT2D eigenvalue weighted by Crippen LogP contribution is -2.21. The van der Waals surface area contributed by atoms with E-state index in [0.29, 0.717) is 0 Å². The highest BCUT2D eigenvalue weighted by Gasteiger charge is 2.14. The number of nitrogens with two attached hydrogens (primary N) is 1. The van der Waals surface area contributed by atoms with E-state index in [1.807, 2.05) is 0 Å². The monoisotopic (exact) mass is 243 g/mol. The third-order valence-electron chi connectivity index (χ3n) is 0.648. The van der Waals surface area contributed by atoms with E-state index in [9.17, 15) is 9.59 Å². The lowest BCUT2D eigenvalue weighted by Gasteiger charge is -1.97. The van der Waals surface area contributed by atoms with E-state index in [4.69, 9.17) is 10.8 Å². The molecular formula is C4H6INO3. The third-order valence-corrected chi connectivity index (χ3v) is 1.62. The number of rotatable bonds is 3. The molecule has 0 aromatic heterocycles. The quantitative estimate of drug-likeness (QED) is 0.529. The Morgan fingerprint density at radius 1 is 1.67 bits per heavy atom. The van der Waals surface area contributed by atoms with E-state index >= 15 is 0 Å². The molecule has 3 N–H and O–H groups in total. The van der Waals surface area contributed by atoms with Gasteiger partial charge in [-0.15, -0.1) is 0 Å². The Balaban J connectivity index is 3.63. The van der Waals surface area contributed by atoms with Crippen LogP contribution in [0.25, 0.3) is 0 Å². The molecule has 0 rings (SSSR count). The van der Waals surface area contributed by atoms with Gasteiger partial charge in [-0.2, -0.15) is 0 Å². The Bertz CT molecular complexity index is 136. The molecule has 9 heavy (non-hydrogen) atoms. The summed E-state index contributed by atoms with van der Waals surface area (Å²) in [5.74, 6) is -1.59. The van der Waals surface area contributed by atoms with E-state index in [1.54, 1.807) is 22.6 Å². The van der Waals surface area contributed by atoms with Crippen molar-refractivity contribution in [1.29, 1.82) is 0 Å². The van der Waals surface area contributed by atoms with Crippen molar-refractivity contribution >= 4 is 34.5 Å². The van der Waals surface area contributed by atoms with Gasteiger partial charge in [0.15, 0.2) is 0 Å². The van der Waals surface area contributed by atoms with Crippen molar-refractivity contribution in [3.63, 3.8) is 0 Å². The van der Waals surface area contributed by atoms with Crippen LogP contribution in [0, 0.1) is 0 Å². The van der Waals surface area contributed by atoms with E-state index in [-0.39, 0.29) is 6.42 Å². The summed E-state index contributed by atoms with van der Waals surface area (Å²) in [5.41, 5.74) is 4.72. The minimum atomic E-state index is -1.01. The summed E-state index contributed by atoms with van der Waals surface area (Å²) in [5, 5.41) is 8.22. The van der Waals surface area contributed by atoms with Gasteiger partial charge in [-0.1, -0.05) is 22.6 Å². The molecule has 0 bridgehead atoms. The molecule has 0 fully saturated rings. The minimum absolute atomic E-state index is 0.101. The fraction of sp³-hybridized carbons (Fsp3) is 0.500. The molecule has 0 aliphatic carbocycles. The second-order valence-electron chi connectivity index (χ2n) is 1.48. The summed E-state index contributed by atoms with van der Waals surface area (Å²) < 4.78 is -0.694. The predicted molar refractivity (Wildman–Crippen MR) is 39.3 cm³/mol. The SMILES string of the molecule is NC(=O)CC(I)C(=O)O. The fourth-order valence-corrected chi connectivity index (χ4v) is 0.698. The van der Waals surface area contributed by atoms with E-state index < -0.39 is 15.8 Å². The number of carboxylic acids is 1. The molecule has 0 aliphatic heterocycles. The maximum absolute atomic E-state index is 10.1. The van der Waals surface area contributed by atoms with Crippen LogP contribution in [-0.2, 0) is 9.59 Å². The lowest BCUT2D eigenvalue weighted by atomic mass is 10.3. The lowest BCUT2D eigenvalue weighted by molar-refractivity contribution is -0.137. The first-order valence-corrected chi connectivity index (χ1v) is 3.43. The Kier molecular flexibility index (Phi) is 3.52. The number of aliphatic carboxylic acids is 1. The zero-order valence-electron chi connectivity index (χ0n) is 4.50. The first-order valence-electron chi connectivity index (χ1n) is 2.19. The number of primary amides is 1. The smallest absolute Gasteiger partial charge is 0.316 e. The molecule has 1 unspecified atom stereocenters. The summed E-state index contributed by atoms with van der Waals surface area (Å²) >= 11 is 1.65. The summed E-state index contributed by atoms with van der Waals surface area (Å²) in [4.78, 5) is 20.1. The largest absolute Gasteiger partial charge is 0.480 e. The summed E-state index contributed by atoms with van der Waals surface area (Å²) in [6.45, 7) is 0. The van der Waals surface area contributed by atoms with Gasteiger partial charge in [0.05, 0.1) is 0 Å². The maximum Gasteiger partial charge on any atom is 0.316 e. The van der Waals surface area contributed by atoms with Gasteiger partial charge in [-0.05, 0) is 0 Å². The number of carbonyl (C=O) groups excluding carboxylic acids is 1. The summed E-state index contributed by atoms with van der Waals surface area (Å²) in [7, 11) is 0. The number of hydrogen-bond acceptors (Lipinski definition) is 2. The van der Waals surface area contributed by atoms with Gasteiger partial charge in [-0.25, -0.2) is 0 Å². The van der Waals surface area contributed by atoms with Crippen molar-refractivity contribution in [1.82, 2.24) is 0 Å². The highest BCUT2D eigenvalue weighted by atomic mass is 127. The number of hydrogen-bond donors (Lipinski definition) is 2. The van der Waals surface area contributed by atoms with Gasteiger partial charge in [0.1, 0.15) is 3.92 Å². The predicted octanol–water partition coefficient (Wildman–Crippen LogP) is -0.250. The topological polar surface area (TPSA) is 80.4 Å². The van der Waals surface area contributed by atoms with Crippen LogP contribution in [0.4, 0.5) is 0 Å². The van der Waals surface area contributed by atoms with Crippen molar-refractivity contribution < 1.29 is 14.7 Å². The first-order chi connectivity index (χ1) is 4.04. The molecule has 0 spiro atoms. The molecule has 5 heteroatoms. The van der Waals surface area contributed by atoms with Crippen LogP contribution in [0.15, 0.2) is 0 Å². The van der Waals surface area contributed by atoms with E-state index in [1.165, 1.54) is 0 Å². The second kappa shape index (κ2) is 3.65. The molecule has 4 nitrogen and oxygen atoms in total. The van der Waals surface area contributed by atoms with Gasteiger partial charge in [0.2, 0.25) is 5.91 Å². The normalized spacial score (nSPS) is 12.6. The molecule has 0 heterocycles. The number of alkyl halides is 1. The van der Waals surface area contributed by atoms with Crippen LogP contribution in [0.5, 0.6) is 0 Å². The van der Waals surface area contributed by atoms with Crippen LogP contribution in [0.1, 0.15) is 6.42 Å². The molecule has 0 aliphatic rings. The molecule has 1 atom stereocenters. The minimum Gasteiger partial charge on any atom is -0.480 e. The van der Waals surface area contributed by atoms with Gasteiger partial charge in [-0.3, -0.25) is 9.59 Å². The maximum atomic E-state index is 10.1. The number of carboxylic acid groups (broad SMARTS) is 1. The van der Waals surface area contributed by atoms with Crippen LogP contribution in [-0.4, -0.2) is 20.9 Å². The average Bonchev–Trinajstić information content (AvgIpc) is 1.63. The zero-order valence-corrected chi connectivity index (χ0v) is 6.66. The van der Waals surface area contributed by atoms with Crippen LogP contribution in [0.2, 0.25) is 0 Å². The van der Waals surface area contributed by atoms with Gasteiger partial charge in [0.25, 0.3) is 0 Å². The van der Waals surface area contributed by atoms with Crippen molar-refractivity contribution in [2.24, 2.45) is 5.73 Å². The molecule has 52 valence electrons. The highest BCUT2D eigenvalue weighted by molar-refractivity contribution is 14.1. The Labute approximate surface area is 65.6 Å². The fourth-order valence-electron chi connectivity index (χ4n) is 0.264. The van der Waals surface area contributed by atoms with Crippen molar-refractivity contribution in [2.45, 2.75) is 10.3 Å². The molecule has 0 saturated heterocycles. The van der Waals surface area contributed by atoms with E-state index in [0.717, 1.165) is 0 Å². The van der Waals surface area contributed by atoms with Gasteiger partial charge >= 0.3 is 5.97 Å². The van der Waals surface area contributed by atoms with Crippen LogP contribution >= 0.6 is 22.6 Å². The summed E-state index contributed by atoms with van der Waals surface area (Å²) in [6.07, 6.45) is -0.101. The van der Waals surface area contributed by atoms with Crippen molar-refractivity contribution in [3.05, 3.63) is 0 Å². The van der Waals surface area contributed by atoms with Gasteiger partial charge < -0.3 is 10.8 Å².